The molecule has 2 N–H and O–H groups in total. The van der Waals surface area contributed by atoms with Crippen LogP contribution in [0.5, 0.6) is 5.75 Å². The van der Waals surface area contributed by atoms with Gasteiger partial charge >= 0.3 is 0 Å². The molecule has 0 aromatic heterocycles. The van der Waals surface area contributed by atoms with Gasteiger partial charge in [-0.1, -0.05) is 29.8 Å². The van der Waals surface area contributed by atoms with Gasteiger partial charge in [-0.05, 0) is 43.5 Å². The summed E-state index contributed by atoms with van der Waals surface area (Å²) < 4.78 is 18.6. The van der Waals surface area contributed by atoms with Crippen LogP contribution in [-0.2, 0) is 6.42 Å². The van der Waals surface area contributed by atoms with Gasteiger partial charge in [0.2, 0.25) is 0 Å². The van der Waals surface area contributed by atoms with Crippen LogP contribution in [0.3, 0.4) is 0 Å². The topological polar surface area (TPSA) is 35.2 Å². The van der Waals surface area contributed by atoms with Gasteiger partial charge in [0, 0.05) is 11.6 Å². The van der Waals surface area contributed by atoms with Crippen molar-refractivity contribution in [3.05, 3.63) is 65.0 Å². The lowest BCUT2D eigenvalue weighted by atomic mass is 9.98. The third-order valence-electron chi connectivity index (χ3n) is 3.46. The molecule has 0 bridgehead atoms. The molecule has 3 heteroatoms. The molecule has 1 atom stereocenters. The number of hydrogen-bond acceptors (Lipinski definition) is 2. The smallest absolute Gasteiger partial charge is 0.123 e. The van der Waals surface area contributed by atoms with E-state index in [2.05, 4.69) is 31.2 Å². The fourth-order valence-corrected chi connectivity index (χ4v) is 2.23. The molecule has 0 saturated heterocycles. The summed E-state index contributed by atoms with van der Waals surface area (Å²) in [5.74, 6) is 0.356. The van der Waals surface area contributed by atoms with E-state index in [9.17, 15) is 4.39 Å². The number of nitrogens with two attached hydrogens (primary N) is 1. The second-order valence-corrected chi connectivity index (χ2v) is 5.02. The van der Waals surface area contributed by atoms with Gasteiger partial charge in [-0.2, -0.15) is 0 Å². The summed E-state index contributed by atoms with van der Waals surface area (Å²) in [5, 5.41) is 0. The molecule has 2 aromatic rings. The van der Waals surface area contributed by atoms with Crippen LogP contribution in [-0.4, -0.2) is 7.11 Å². The van der Waals surface area contributed by atoms with Crippen LogP contribution in [0.2, 0.25) is 0 Å². The van der Waals surface area contributed by atoms with Gasteiger partial charge in [0.05, 0.1) is 7.11 Å². The van der Waals surface area contributed by atoms with E-state index in [1.165, 1.54) is 23.3 Å². The van der Waals surface area contributed by atoms with Crippen LogP contribution < -0.4 is 10.5 Å². The van der Waals surface area contributed by atoms with E-state index in [0.717, 1.165) is 18.4 Å². The lowest BCUT2D eigenvalue weighted by Crippen LogP contribution is -2.13. The standard InChI is InChI=1S/C17H20FNO/c1-12-3-5-13(6-4-12)7-9-16(19)15-11-14(18)8-10-17(15)20-2/h3-6,8,10-11,16H,7,9,19H2,1-2H3. The molecule has 20 heavy (non-hydrogen) atoms. The minimum Gasteiger partial charge on any atom is -0.496 e. The van der Waals surface area contributed by atoms with Gasteiger partial charge in [-0.25, -0.2) is 4.39 Å². The quantitative estimate of drug-likeness (QED) is 0.900. The van der Waals surface area contributed by atoms with Gasteiger partial charge in [0.15, 0.2) is 0 Å². The largest absolute Gasteiger partial charge is 0.496 e. The Labute approximate surface area is 119 Å². The molecule has 0 spiro atoms. The van der Waals surface area contributed by atoms with Crippen LogP contribution in [0, 0.1) is 12.7 Å². The summed E-state index contributed by atoms with van der Waals surface area (Å²) >= 11 is 0. The van der Waals surface area contributed by atoms with Crippen LogP contribution in [0.15, 0.2) is 42.5 Å². The number of ether oxygens (including phenoxy) is 1. The Hall–Kier alpha value is -1.87. The maximum Gasteiger partial charge on any atom is 0.123 e. The number of methoxy groups -OCH3 is 1. The summed E-state index contributed by atoms with van der Waals surface area (Å²) in [7, 11) is 1.57. The summed E-state index contributed by atoms with van der Waals surface area (Å²) in [6.07, 6.45) is 1.62. The first-order valence-corrected chi connectivity index (χ1v) is 6.74. The Bertz CT molecular complexity index is 566. The second kappa shape index (κ2) is 6.53. The molecular formula is C17H20FNO. The number of rotatable bonds is 5. The third kappa shape index (κ3) is 3.58. The molecular weight excluding hydrogens is 253 g/mol. The van der Waals surface area contributed by atoms with E-state index in [0.29, 0.717) is 5.75 Å². The zero-order chi connectivity index (χ0) is 14.5. The van der Waals surface area contributed by atoms with E-state index in [1.807, 2.05) is 0 Å². The zero-order valence-electron chi connectivity index (χ0n) is 11.9. The van der Waals surface area contributed by atoms with E-state index in [-0.39, 0.29) is 11.9 Å². The number of aryl methyl sites for hydroxylation is 2. The van der Waals surface area contributed by atoms with Crippen molar-refractivity contribution in [1.29, 1.82) is 0 Å². The van der Waals surface area contributed by atoms with Crippen LogP contribution >= 0.6 is 0 Å². The average Bonchev–Trinajstić information content (AvgIpc) is 2.46. The molecule has 0 saturated carbocycles. The van der Waals surface area contributed by atoms with Crippen molar-refractivity contribution in [3.63, 3.8) is 0 Å². The van der Waals surface area contributed by atoms with E-state index < -0.39 is 0 Å². The fourth-order valence-electron chi connectivity index (χ4n) is 2.23. The average molecular weight is 273 g/mol. The monoisotopic (exact) mass is 273 g/mol. The van der Waals surface area contributed by atoms with Crippen molar-refractivity contribution in [3.8, 4) is 5.75 Å². The maximum absolute atomic E-state index is 13.3. The maximum atomic E-state index is 13.3. The predicted molar refractivity (Wildman–Crippen MR) is 79.4 cm³/mol. The van der Waals surface area contributed by atoms with E-state index >= 15 is 0 Å². The molecule has 0 heterocycles. The van der Waals surface area contributed by atoms with Crippen molar-refractivity contribution in [1.82, 2.24) is 0 Å². The second-order valence-electron chi connectivity index (χ2n) is 5.02. The summed E-state index contributed by atoms with van der Waals surface area (Å²) in [6.45, 7) is 2.06. The molecule has 2 rings (SSSR count). The highest BCUT2D eigenvalue weighted by atomic mass is 19.1. The normalized spacial score (nSPS) is 12.2. The summed E-state index contributed by atoms with van der Waals surface area (Å²) in [5.41, 5.74) is 9.37. The number of halogens is 1. The van der Waals surface area contributed by atoms with Crippen molar-refractivity contribution in [2.24, 2.45) is 5.73 Å². The third-order valence-corrected chi connectivity index (χ3v) is 3.46. The highest BCUT2D eigenvalue weighted by molar-refractivity contribution is 5.36. The lowest BCUT2D eigenvalue weighted by Gasteiger charge is -2.16. The minimum atomic E-state index is -0.286. The predicted octanol–water partition coefficient (Wildman–Crippen LogP) is 3.78. The van der Waals surface area contributed by atoms with Gasteiger partial charge in [-0.3, -0.25) is 0 Å². The Balaban J connectivity index is 2.06. The van der Waals surface area contributed by atoms with Crippen molar-refractivity contribution in [2.45, 2.75) is 25.8 Å². The van der Waals surface area contributed by atoms with Gasteiger partial charge in [0.1, 0.15) is 11.6 Å². The molecule has 0 aliphatic rings. The first kappa shape index (κ1) is 14.5. The highest BCUT2D eigenvalue weighted by Crippen LogP contribution is 2.27. The van der Waals surface area contributed by atoms with Crippen LogP contribution in [0.1, 0.15) is 29.2 Å². The molecule has 0 aliphatic carbocycles. The molecule has 0 fully saturated rings. The zero-order valence-corrected chi connectivity index (χ0v) is 11.9. The Morgan fingerprint density at radius 2 is 1.85 bits per heavy atom. The molecule has 2 aromatic carbocycles. The number of benzene rings is 2. The molecule has 1 unspecified atom stereocenters. The van der Waals surface area contributed by atoms with Crippen molar-refractivity contribution in [2.75, 3.05) is 7.11 Å². The van der Waals surface area contributed by atoms with E-state index in [4.69, 9.17) is 10.5 Å². The van der Waals surface area contributed by atoms with Crippen LogP contribution in [0.25, 0.3) is 0 Å². The lowest BCUT2D eigenvalue weighted by molar-refractivity contribution is 0.402. The first-order valence-electron chi connectivity index (χ1n) is 6.74. The van der Waals surface area contributed by atoms with E-state index in [1.54, 1.807) is 13.2 Å². The first-order chi connectivity index (χ1) is 9.60. The summed E-state index contributed by atoms with van der Waals surface area (Å²) in [4.78, 5) is 0. The van der Waals surface area contributed by atoms with Gasteiger partial charge in [-0.15, -0.1) is 0 Å². The molecule has 0 aliphatic heterocycles. The molecule has 2 nitrogen and oxygen atoms in total. The Morgan fingerprint density at radius 3 is 2.50 bits per heavy atom. The number of hydrogen-bond donors (Lipinski definition) is 1. The minimum absolute atomic E-state index is 0.234. The highest BCUT2D eigenvalue weighted by Gasteiger charge is 2.13. The summed E-state index contributed by atoms with van der Waals surface area (Å²) in [6, 6.07) is 12.6. The Morgan fingerprint density at radius 1 is 1.15 bits per heavy atom. The van der Waals surface area contributed by atoms with Crippen LogP contribution in [0.4, 0.5) is 4.39 Å². The molecule has 0 radical (unpaired) electrons. The fraction of sp³-hybridized carbons (Fsp3) is 0.294. The SMILES string of the molecule is COc1ccc(F)cc1C(N)CCc1ccc(C)cc1. The van der Waals surface area contributed by atoms with Crippen molar-refractivity contribution >= 4 is 0 Å². The molecule has 0 amide bonds. The van der Waals surface area contributed by atoms with Gasteiger partial charge < -0.3 is 10.5 Å². The molecule has 106 valence electrons. The van der Waals surface area contributed by atoms with Crippen molar-refractivity contribution < 1.29 is 9.13 Å². The van der Waals surface area contributed by atoms with Gasteiger partial charge in [0.25, 0.3) is 0 Å². The Kier molecular flexibility index (Phi) is 4.74.